The lowest BCUT2D eigenvalue weighted by atomic mass is 9.81. The number of pyridine rings is 1. The second-order valence-corrected chi connectivity index (χ2v) is 6.72. The fourth-order valence-corrected chi connectivity index (χ4v) is 3.03. The predicted molar refractivity (Wildman–Crippen MR) is 102 cm³/mol. The number of carbonyl (C=O) groups is 1. The van der Waals surface area contributed by atoms with E-state index < -0.39 is 0 Å². The van der Waals surface area contributed by atoms with Gasteiger partial charge in [-0.15, -0.1) is 12.4 Å². The highest BCUT2D eigenvalue weighted by Gasteiger charge is 2.27. The second-order valence-electron chi connectivity index (χ2n) is 6.72. The maximum atomic E-state index is 12.4. The standard InChI is InChI=1S/C19H23N3O2.ClH/c1-19(9-11-20-12-10-19)13-21-17(23)15-7-8-16(22-18(15)24)14-5-3-2-4-6-14;/h2-8,20H,9-13H2,1H3,(H,21,23)(H,22,24);1H. The molecule has 0 saturated carbocycles. The van der Waals surface area contributed by atoms with E-state index in [0.29, 0.717) is 12.2 Å². The Balaban J connectivity index is 0.00000225. The van der Waals surface area contributed by atoms with Crippen molar-refractivity contribution in [1.29, 1.82) is 0 Å². The number of halogens is 1. The number of aromatic amines is 1. The van der Waals surface area contributed by atoms with Gasteiger partial charge in [0.1, 0.15) is 5.56 Å². The molecule has 25 heavy (non-hydrogen) atoms. The van der Waals surface area contributed by atoms with Gasteiger partial charge in [-0.25, -0.2) is 0 Å². The molecule has 5 nitrogen and oxygen atoms in total. The molecule has 0 aliphatic carbocycles. The lowest BCUT2D eigenvalue weighted by Crippen LogP contribution is -2.43. The number of amides is 1. The molecule has 1 fully saturated rings. The van der Waals surface area contributed by atoms with Crippen molar-refractivity contribution in [3.63, 3.8) is 0 Å². The Morgan fingerprint density at radius 2 is 1.80 bits per heavy atom. The fraction of sp³-hybridized carbons (Fsp3) is 0.368. The molecular formula is C19H24ClN3O2. The minimum Gasteiger partial charge on any atom is -0.351 e. The Hall–Kier alpha value is -2.11. The molecule has 0 radical (unpaired) electrons. The molecule has 2 aromatic rings. The van der Waals surface area contributed by atoms with Gasteiger partial charge in [-0.1, -0.05) is 37.3 Å². The summed E-state index contributed by atoms with van der Waals surface area (Å²) >= 11 is 0. The first-order chi connectivity index (χ1) is 11.6. The van der Waals surface area contributed by atoms with Gasteiger partial charge >= 0.3 is 0 Å². The van der Waals surface area contributed by atoms with E-state index in [2.05, 4.69) is 22.5 Å². The number of carbonyl (C=O) groups excluding carboxylic acids is 1. The number of benzene rings is 1. The number of nitrogens with one attached hydrogen (secondary N) is 3. The van der Waals surface area contributed by atoms with Crippen molar-refractivity contribution in [1.82, 2.24) is 15.6 Å². The van der Waals surface area contributed by atoms with Gasteiger partial charge in [-0.05, 0) is 49.0 Å². The molecule has 3 N–H and O–H groups in total. The van der Waals surface area contributed by atoms with Gasteiger partial charge in [0.25, 0.3) is 11.5 Å². The summed E-state index contributed by atoms with van der Waals surface area (Å²) in [5, 5.41) is 6.24. The maximum absolute atomic E-state index is 12.4. The molecule has 0 atom stereocenters. The van der Waals surface area contributed by atoms with Crippen LogP contribution in [-0.2, 0) is 0 Å². The molecular weight excluding hydrogens is 338 g/mol. The van der Waals surface area contributed by atoms with Crippen molar-refractivity contribution >= 4 is 18.3 Å². The lowest BCUT2D eigenvalue weighted by Gasteiger charge is -2.34. The van der Waals surface area contributed by atoms with Crippen molar-refractivity contribution in [2.24, 2.45) is 5.41 Å². The van der Waals surface area contributed by atoms with Crippen molar-refractivity contribution in [2.45, 2.75) is 19.8 Å². The molecule has 1 aromatic heterocycles. The highest BCUT2D eigenvalue weighted by Crippen LogP contribution is 2.26. The molecule has 1 aliphatic rings. The average molecular weight is 362 g/mol. The molecule has 134 valence electrons. The molecule has 6 heteroatoms. The third kappa shape index (κ3) is 4.71. The first kappa shape index (κ1) is 19.2. The summed E-state index contributed by atoms with van der Waals surface area (Å²) in [6.45, 7) is 4.71. The van der Waals surface area contributed by atoms with Crippen LogP contribution in [-0.4, -0.2) is 30.5 Å². The summed E-state index contributed by atoms with van der Waals surface area (Å²) in [6, 6.07) is 13.0. The van der Waals surface area contributed by atoms with E-state index in [4.69, 9.17) is 0 Å². The number of aromatic nitrogens is 1. The van der Waals surface area contributed by atoms with Gasteiger partial charge in [0.2, 0.25) is 0 Å². The third-order valence-electron chi connectivity index (χ3n) is 4.73. The van der Waals surface area contributed by atoms with Crippen LogP contribution in [0.2, 0.25) is 0 Å². The fourth-order valence-electron chi connectivity index (χ4n) is 3.03. The summed E-state index contributed by atoms with van der Waals surface area (Å²) < 4.78 is 0. The van der Waals surface area contributed by atoms with Crippen LogP contribution in [0.5, 0.6) is 0 Å². The van der Waals surface area contributed by atoms with E-state index in [1.165, 1.54) is 0 Å². The summed E-state index contributed by atoms with van der Waals surface area (Å²) in [7, 11) is 0. The number of rotatable bonds is 4. The van der Waals surface area contributed by atoms with E-state index in [-0.39, 0.29) is 34.9 Å². The van der Waals surface area contributed by atoms with Crippen molar-refractivity contribution in [3.05, 3.63) is 58.4 Å². The highest BCUT2D eigenvalue weighted by atomic mass is 35.5. The van der Waals surface area contributed by atoms with Crippen LogP contribution < -0.4 is 16.2 Å². The van der Waals surface area contributed by atoms with Gasteiger partial charge in [0, 0.05) is 12.2 Å². The lowest BCUT2D eigenvalue weighted by molar-refractivity contribution is 0.0921. The van der Waals surface area contributed by atoms with Crippen LogP contribution in [0.4, 0.5) is 0 Å². The molecule has 1 aliphatic heterocycles. The zero-order valence-electron chi connectivity index (χ0n) is 14.3. The van der Waals surface area contributed by atoms with Gasteiger partial charge < -0.3 is 15.6 Å². The molecule has 1 aromatic carbocycles. The van der Waals surface area contributed by atoms with Crippen LogP contribution >= 0.6 is 12.4 Å². The topological polar surface area (TPSA) is 74.0 Å². The third-order valence-corrected chi connectivity index (χ3v) is 4.73. The summed E-state index contributed by atoms with van der Waals surface area (Å²) in [5.41, 5.74) is 1.53. The Morgan fingerprint density at radius 3 is 2.44 bits per heavy atom. The SMILES string of the molecule is CC1(CNC(=O)c2ccc(-c3ccccc3)[nH]c2=O)CCNCC1.Cl. The van der Waals surface area contributed by atoms with E-state index in [1.54, 1.807) is 12.1 Å². The molecule has 0 bridgehead atoms. The minimum absolute atomic E-state index is 0. The molecule has 1 saturated heterocycles. The highest BCUT2D eigenvalue weighted by molar-refractivity contribution is 5.94. The number of piperidine rings is 1. The first-order valence-corrected chi connectivity index (χ1v) is 8.35. The van der Waals surface area contributed by atoms with Crippen LogP contribution in [0, 0.1) is 5.41 Å². The van der Waals surface area contributed by atoms with Crippen LogP contribution in [0.3, 0.4) is 0 Å². The van der Waals surface area contributed by atoms with E-state index >= 15 is 0 Å². The minimum atomic E-state index is -0.357. The maximum Gasteiger partial charge on any atom is 0.261 e. The van der Waals surface area contributed by atoms with Gasteiger partial charge in [0.05, 0.1) is 0 Å². The van der Waals surface area contributed by atoms with E-state index in [0.717, 1.165) is 31.5 Å². The van der Waals surface area contributed by atoms with E-state index in [9.17, 15) is 9.59 Å². The van der Waals surface area contributed by atoms with Gasteiger partial charge in [-0.2, -0.15) is 0 Å². The van der Waals surface area contributed by atoms with Crippen molar-refractivity contribution < 1.29 is 4.79 Å². The van der Waals surface area contributed by atoms with Crippen LogP contribution in [0.1, 0.15) is 30.1 Å². The van der Waals surface area contributed by atoms with Gasteiger partial charge in [-0.3, -0.25) is 9.59 Å². The number of H-pyrrole nitrogens is 1. The Bertz CT molecular complexity index is 768. The molecule has 3 rings (SSSR count). The molecule has 2 heterocycles. The quantitative estimate of drug-likeness (QED) is 0.783. The van der Waals surface area contributed by atoms with Crippen LogP contribution in [0.25, 0.3) is 11.3 Å². The summed E-state index contributed by atoms with van der Waals surface area (Å²) in [5.74, 6) is -0.310. The van der Waals surface area contributed by atoms with Crippen molar-refractivity contribution in [3.8, 4) is 11.3 Å². The first-order valence-electron chi connectivity index (χ1n) is 8.35. The van der Waals surface area contributed by atoms with Crippen LogP contribution in [0.15, 0.2) is 47.3 Å². The molecule has 0 unspecified atom stereocenters. The summed E-state index contributed by atoms with van der Waals surface area (Å²) in [4.78, 5) is 27.4. The number of hydrogen-bond donors (Lipinski definition) is 3. The van der Waals surface area contributed by atoms with Crippen molar-refractivity contribution in [2.75, 3.05) is 19.6 Å². The summed E-state index contributed by atoms with van der Waals surface area (Å²) in [6.07, 6.45) is 2.05. The normalized spacial score (nSPS) is 15.9. The molecule has 1 amide bonds. The molecule has 0 spiro atoms. The smallest absolute Gasteiger partial charge is 0.261 e. The average Bonchev–Trinajstić information content (AvgIpc) is 2.61. The van der Waals surface area contributed by atoms with Gasteiger partial charge in [0.15, 0.2) is 0 Å². The second kappa shape index (κ2) is 8.32. The largest absolute Gasteiger partial charge is 0.351 e. The monoisotopic (exact) mass is 361 g/mol. The zero-order chi connectivity index (χ0) is 17.0. The Labute approximate surface area is 153 Å². The predicted octanol–water partition coefficient (Wildman–Crippen LogP) is 2.58. The zero-order valence-corrected chi connectivity index (χ0v) is 15.1. The number of hydrogen-bond acceptors (Lipinski definition) is 3. The Kier molecular flexibility index (Phi) is 6.39. The Morgan fingerprint density at radius 1 is 1.12 bits per heavy atom. The van der Waals surface area contributed by atoms with E-state index in [1.807, 2.05) is 30.3 Å².